The largest absolute Gasteiger partial charge is 0.339 e. The van der Waals surface area contributed by atoms with Gasteiger partial charge in [-0.2, -0.15) is 0 Å². The van der Waals surface area contributed by atoms with Crippen LogP contribution >= 0.6 is 11.6 Å². The standard InChI is InChI=1S/C16H10ClF3N4/c17-9-3-1-2-4-11(9)23-13-7-14(22-8-21-13)24-12-6-5-10(18)15(19)16(12)20/h1-8H,(H2,21,22,23,24). The van der Waals surface area contributed by atoms with Gasteiger partial charge in [0.2, 0.25) is 0 Å². The highest BCUT2D eigenvalue weighted by molar-refractivity contribution is 6.33. The van der Waals surface area contributed by atoms with Crippen LogP contribution in [0.1, 0.15) is 0 Å². The van der Waals surface area contributed by atoms with E-state index in [1.807, 2.05) is 0 Å². The zero-order valence-electron chi connectivity index (χ0n) is 12.0. The Balaban J connectivity index is 1.84. The Morgan fingerprint density at radius 3 is 2.17 bits per heavy atom. The van der Waals surface area contributed by atoms with E-state index in [9.17, 15) is 13.2 Å². The summed E-state index contributed by atoms with van der Waals surface area (Å²) in [7, 11) is 0. The SMILES string of the molecule is Fc1ccc(Nc2cc(Nc3ccccc3Cl)ncn2)c(F)c1F. The fourth-order valence-electron chi connectivity index (χ4n) is 1.95. The Bertz CT molecular complexity index is 889. The second-order valence-electron chi connectivity index (χ2n) is 4.74. The Morgan fingerprint density at radius 1 is 0.792 bits per heavy atom. The maximum Gasteiger partial charge on any atom is 0.196 e. The van der Waals surface area contributed by atoms with Crippen LogP contribution in [0.2, 0.25) is 5.02 Å². The molecule has 4 nitrogen and oxygen atoms in total. The second kappa shape index (κ2) is 6.76. The molecule has 0 aliphatic carbocycles. The third-order valence-corrected chi connectivity index (χ3v) is 3.43. The Morgan fingerprint density at radius 2 is 1.46 bits per heavy atom. The van der Waals surface area contributed by atoms with Crippen LogP contribution < -0.4 is 10.6 Å². The first-order valence-corrected chi connectivity index (χ1v) is 7.16. The van der Waals surface area contributed by atoms with Crippen molar-refractivity contribution < 1.29 is 13.2 Å². The van der Waals surface area contributed by atoms with E-state index in [-0.39, 0.29) is 11.5 Å². The molecule has 0 atom stereocenters. The summed E-state index contributed by atoms with van der Waals surface area (Å²) in [5, 5.41) is 6.06. The molecule has 24 heavy (non-hydrogen) atoms. The van der Waals surface area contributed by atoms with Crippen molar-refractivity contribution in [3.8, 4) is 0 Å². The lowest BCUT2D eigenvalue weighted by Crippen LogP contribution is -2.02. The molecule has 1 heterocycles. The van der Waals surface area contributed by atoms with Crippen LogP contribution in [-0.2, 0) is 0 Å². The van der Waals surface area contributed by atoms with E-state index in [4.69, 9.17) is 11.6 Å². The lowest BCUT2D eigenvalue weighted by atomic mass is 10.2. The van der Waals surface area contributed by atoms with Crippen molar-refractivity contribution in [2.24, 2.45) is 0 Å². The summed E-state index contributed by atoms with van der Waals surface area (Å²) in [4.78, 5) is 7.94. The number of hydrogen-bond acceptors (Lipinski definition) is 4. The molecule has 2 N–H and O–H groups in total. The molecule has 1 aromatic heterocycles. The van der Waals surface area contributed by atoms with Gasteiger partial charge in [0.05, 0.1) is 16.4 Å². The number of benzene rings is 2. The second-order valence-corrected chi connectivity index (χ2v) is 5.15. The minimum atomic E-state index is -1.55. The number of aromatic nitrogens is 2. The summed E-state index contributed by atoms with van der Waals surface area (Å²) < 4.78 is 39.9. The van der Waals surface area contributed by atoms with Crippen molar-refractivity contribution in [3.63, 3.8) is 0 Å². The molecule has 0 spiro atoms. The molecule has 0 amide bonds. The van der Waals surface area contributed by atoms with Gasteiger partial charge in [-0.25, -0.2) is 23.1 Å². The van der Waals surface area contributed by atoms with Crippen molar-refractivity contribution in [1.29, 1.82) is 0 Å². The molecule has 3 rings (SSSR count). The smallest absolute Gasteiger partial charge is 0.196 e. The van der Waals surface area contributed by atoms with Crippen LogP contribution in [0.15, 0.2) is 48.8 Å². The minimum absolute atomic E-state index is 0.199. The number of halogens is 4. The molecule has 0 saturated carbocycles. The molecule has 8 heteroatoms. The number of para-hydroxylation sites is 1. The molecular formula is C16H10ClF3N4. The fraction of sp³-hybridized carbons (Fsp3) is 0. The van der Waals surface area contributed by atoms with Gasteiger partial charge in [0, 0.05) is 6.07 Å². The molecule has 122 valence electrons. The number of hydrogen-bond donors (Lipinski definition) is 2. The molecule has 2 aromatic carbocycles. The van der Waals surface area contributed by atoms with Crippen LogP contribution in [0.25, 0.3) is 0 Å². The molecule has 3 aromatic rings. The zero-order valence-corrected chi connectivity index (χ0v) is 12.8. The molecule has 0 fully saturated rings. The summed E-state index contributed by atoms with van der Waals surface area (Å²) in [6, 6.07) is 10.4. The van der Waals surface area contributed by atoms with Crippen LogP contribution in [0.5, 0.6) is 0 Å². The zero-order chi connectivity index (χ0) is 17.1. The summed E-state index contributed by atoms with van der Waals surface area (Å²) in [6.45, 7) is 0. The lowest BCUT2D eigenvalue weighted by Gasteiger charge is -2.10. The van der Waals surface area contributed by atoms with Crippen molar-refractivity contribution in [2.45, 2.75) is 0 Å². The average Bonchev–Trinajstić information content (AvgIpc) is 2.58. The highest BCUT2D eigenvalue weighted by Crippen LogP contribution is 2.26. The number of nitrogens with zero attached hydrogens (tertiary/aromatic N) is 2. The molecule has 0 unspecified atom stereocenters. The Labute approximate surface area is 140 Å². The fourth-order valence-corrected chi connectivity index (χ4v) is 2.14. The van der Waals surface area contributed by atoms with Crippen molar-refractivity contribution in [1.82, 2.24) is 9.97 Å². The van der Waals surface area contributed by atoms with Gasteiger partial charge in [0.25, 0.3) is 0 Å². The van der Waals surface area contributed by atoms with Gasteiger partial charge < -0.3 is 10.6 Å². The van der Waals surface area contributed by atoms with Gasteiger partial charge in [0.1, 0.15) is 18.0 Å². The maximum absolute atomic E-state index is 13.7. The third-order valence-electron chi connectivity index (χ3n) is 3.10. The highest BCUT2D eigenvalue weighted by atomic mass is 35.5. The number of nitrogens with one attached hydrogen (secondary N) is 2. The lowest BCUT2D eigenvalue weighted by molar-refractivity contribution is 0.449. The predicted octanol–water partition coefficient (Wildman–Crippen LogP) is 5.03. The Kier molecular flexibility index (Phi) is 4.52. The van der Waals surface area contributed by atoms with Crippen molar-refractivity contribution in [3.05, 3.63) is 71.3 Å². The first-order valence-electron chi connectivity index (χ1n) is 6.78. The van der Waals surface area contributed by atoms with Crippen LogP contribution in [-0.4, -0.2) is 9.97 Å². The molecular weight excluding hydrogens is 341 g/mol. The van der Waals surface area contributed by atoms with Gasteiger partial charge in [-0.1, -0.05) is 23.7 Å². The predicted molar refractivity (Wildman–Crippen MR) is 86.4 cm³/mol. The van der Waals surface area contributed by atoms with Gasteiger partial charge in [0.15, 0.2) is 17.5 Å². The monoisotopic (exact) mass is 350 g/mol. The van der Waals surface area contributed by atoms with Crippen LogP contribution in [0, 0.1) is 17.5 Å². The molecule has 0 aliphatic rings. The number of anilines is 4. The molecule has 0 saturated heterocycles. The molecule has 0 bridgehead atoms. The molecule has 0 radical (unpaired) electrons. The van der Waals surface area contributed by atoms with Gasteiger partial charge in [-0.15, -0.1) is 0 Å². The summed E-state index contributed by atoms with van der Waals surface area (Å²) in [5.41, 5.74) is 0.388. The summed E-state index contributed by atoms with van der Waals surface area (Å²) >= 11 is 6.05. The highest BCUT2D eigenvalue weighted by Gasteiger charge is 2.14. The van der Waals surface area contributed by atoms with E-state index in [2.05, 4.69) is 20.6 Å². The number of rotatable bonds is 4. The van der Waals surface area contributed by atoms with E-state index in [1.54, 1.807) is 24.3 Å². The summed E-state index contributed by atoms with van der Waals surface area (Å²) in [5.74, 6) is -3.55. The first kappa shape index (κ1) is 16.1. The van der Waals surface area contributed by atoms with Crippen LogP contribution in [0.3, 0.4) is 0 Å². The van der Waals surface area contributed by atoms with E-state index in [1.165, 1.54) is 12.4 Å². The van der Waals surface area contributed by atoms with E-state index in [0.29, 0.717) is 16.5 Å². The van der Waals surface area contributed by atoms with E-state index in [0.717, 1.165) is 12.1 Å². The quantitative estimate of drug-likeness (QED) is 0.648. The summed E-state index contributed by atoms with van der Waals surface area (Å²) in [6.07, 6.45) is 1.24. The molecule has 0 aliphatic heterocycles. The topological polar surface area (TPSA) is 49.8 Å². The Hall–Kier alpha value is -2.80. The van der Waals surface area contributed by atoms with Gasteiger partial charge in [-0.05, 0) is 24.3 Å². The van der Waals surface area contributed by atoms with Gasteiger partial charge >= 0.3 is 0 Å². The van der Waals surface area contributed by atoms with E-state index < -0.39 is 17.5 Å². The average molecular weight is 351 g/mol. The van der Waals surface area contributed by atoms with E-state index >= 15 is 0 Å². The third kappa shape index (κ3) is 3.41. The van der Waals surface area contributed by atoms with Crippen LogP contribution in [0.4, 0.5) is 36.2 Å². The van der Waals surface area contributed by atoms with Crippen molar-refractivity contribution in [2.75, 3.05) is 10.6 Å². The van der Waals surface area contributed by atoms with Crippen molar-refractivity contribution >= 4 is 34.6 Å². The van der Waals surface area contributed by atoms with Gasteiger partial charge in [-0.3, -0.25) is 0 Å². The minimum Gasteiger partial charge on any atom is -0.339 e. The maximum atomic E-state index is 13.7. The normalized spacial score (nSPS) is 10.5. The first-order chi connectivity index (χ1) is 11.5.